The van der Waals surface area contributed by atoms with E-state index < -0.39 is 0 Å². The molecule has 0 unspecified atom stereocenters. The highest BCUT2D eigenvalue weighted by Gasteiger charge is 2.10. The van der Waals surface area contributed by atoms with Gasteiger partial charge in [0, 0.05) is 13.7 Å². The minimum atomic E-state index is -0.0225. The fourth-order valence-corrected chi connectivity index (χ4v) is 2.19. The smallest absolute Gasteiger partial charge is 0.178 e. The van der Waals surface area contributed by atoms with Gasteiger partial charge in [0.1, 0.15) is 5.82 Å². The largest absolute Gasteiger partial charge is 0.375 e. The highest BCUT2D eigenvalue weighted by atomic mass is 16.5. The van der Waals surface area contributed by atoms with E-state index in [1.165, 1.54) is 0 Å². The third-order valence-corrected chi connectivity index (χ3v) is 3.34. The van der Waals surface area contributed by atoms with Gasteiger partial charge in [-0.1, -0.05) is 30.3 Å². The van der Waals surface area contributed by atoms with Crippen LogP contribution in [0.2, 0.25) is 0 Å². The van der Waals surface area contributed by atoms with Crippen LogP contribution in [-0.2, 0) is 4.74 Å². The molecule has 0 amide bonds. The molecular weight excluding hydrogens is 266 g/mol. The molecule has 108 valence electrons. The maximum atomic E-state index is 5.53. The zero-order valence-corrected chi connectivity index (χ0v) is 12.0. The number of fused-ring (bicyclic) bond motifs is 1. The Morgan fingerprint density at radius 2 is 1.95 bits per heavy atom. The molecule has 0 saturated carbocycles. The van der Waals surface area contributed by atoms with Crippen LogP contribution in [0.3, 0.4) is 0 Å². The highest BCUT2D eigenvalue weighted by molar-refractivity contribution is 5.44. The molecule has 1 N–H and O–H groups in total. The van der Waals surface area contributed by atoms with Crippen molar-refractivity contribution in [3.8, 4) is 0 Å². The van der Waals surface area contributed by atoms with Crippen LogP contribution >= 0.6 is 0 Å². The second-order valence-corrected chi connectivity index (χ2v) is 4.75. The van der Waals surface area contributed by atoms with Gasteiger partial charge in [0.15, 0.2) is 11.5 Å². The number of benzene rings is 1. The summed E-state index contributed by atoms with van der Waals surface area (Å²) in [7, 11) is 1.71. The summed E-state index contributed by atoms with van der Waals surface area (Å²) in [6, 6.07) is 13.9. The minimum absolute atomic E-state index is 0.0225. The van der Waals surface area contributed by atoms with Crippen molar-refractivity contribution >= 4 is 11.5 Å². The van der Waals surface area contributed by atoms with Crippen molar-refractivity contribution in [2.24, 2.45) is 0 Å². The predicted molar refractivity (Wildman–Crippen MR) is 80.2 cm³/mol. The summed E-state index contributed by atoms with van der Waals surface area (Å²) in [6.07, 6.45) is -0.0225. The van der Waals surface area contributed by atoms with Gasteiger partial charge in [-0.15, -0.1) is 15.3 Å². The molecule has 1 atom stereocenters. The molecule has 3 aromatic rings. The maximum Gasteiger partial charge on any atom is 0.178 e. The molecule has 0 fully saturated rings. The van der Waals surface area contributed by atoms with E-state index in [0.717, 1.165) is 22.9 Å². The molecule has 0 radical (unpaired) electrons. The van der Waals surface area contributed by atoms with Crippen LogP contribution in [-0.4, -0.2) is 33.5 Å². The predicted octanol–water partition coefficient (Wildman–Crippen LogP) is 2.23. The third kappa shape index (κ3) is 2.85. The topological polar surface area (TPSA) is 64.3 Å². The highest BCUT2D eigenvalue weighted by Crippen LogP contribution is 2.17. The second-order valence-electron chi connectivity index (χ2n) is 4.75. The van der Waals surface area contributed by atoms with E-state index in [9.17, 15) is 0 Å². The Morgan fingerprint density at radius 3 is 2.71 bits per heavy atom. The number of aromatic nitrogens is 4. The van der Waals surface area contributed by atoms with Gasteiger partial charge in [0.05, 0.1) is 6.10 Å². The SMILES string of the molecule is CO[C@@H](CNc1ccc2nnc(C)n2n1)c1ccccc1. The van der Waals surface area contributed by atoms with Crippen LogP contribution in [0.4, 0.5) is 5.82 Å². The molecule has 2 heterocycles. The number of hydrogen-bond acceptors (Lipinski definition) is 5. The van der Waals surface area contributed by atoms with E-state index >= 15 is 0 Å². The Balaban J connectivity index is 1.74. The first kappa shape index (κ1) is 13.5. The van der Waals surface area contributed by atoms with Gasteiger partial charge in [-0.05, 0) is 24.6 Å². The first-order valence-electron chi connectivity index (χ1n) is 6.78. The third-order valence-electron chi connectivity index (χ3n) is 3.34. The Kier molecular flexibility index (Phi) is 3.79. The lowest BCUT2D eigenvalue weighted by molar-refractivity contribution is 0.114. The summed E-state index contributed by atoms with van der Waals surface area (Å²) >= 11 is 0. The number of hydrogen-bond donors (Lipinski definition) is 1. The maximum absolute atomic E-state index is 5.53. The van der Waals surface area contributed by atoms with Crippen molar-refractivity contribution in [2.45, 2.75) is 13.0 Å². The summed E-state index contributed by atoms with van der Waals surface area (Å²) in [4.78, 5) is 0. The van der Waals surface area contributed by atoms with Gasteiger partial charge in [-0.2, -0.15) is 4.52 Å². The average molecular weight is 283 g/mol. The van der Waals surface area contributed by atoms with E-state index in [1.54, 1.807) is 11.6 Å². The molecule has 21 heavy (non-hydrogen) atoms. The summed E-state index contributed by atoms with van der Waals surface area (Å²) in [6.45, 7) is 2.51. The fourth-order valence-electron chi connectivity index (χ4n) is 2.19. The van der Waals surface area contributed by atoms with Gasteiger partial charge >= 0.3 is 0 Å². The van der Waals surface area contributed by atoms with E-state index in [1.807, 2.05) is 37.3 Å². The number of nitrogens with one attached hydrogen (secondary N) is 1. The van der Waals surface area contributed by atoms with Gasteiger partial charge < -0.3 is 10.1 Å². The number of aryl methyl sites for hydroxylation is 1. The molecule has 0 aliphatic heterocycles. The van der Waals surface area contributed by atoms with E-state index in [4.69, 9.17) is 4.74 Å². The van der Waals surface area contributed by atoms with Gasteiger partial charge in [-0.3, -0.25) is 0 Å². The minimum Gasteiger partial charge on any atom is -0.375 e. The van der Waals surface area contributed by atoms with Crippen molar-refractivity contribution in [1.82, 2.24) is 19.8 Å². The van der Waals surface area contributed by atoms with Crippen LogP contribution < -0.4 is 5.32 Å². The van der Waals surface area contributed by atoms with Crippen molar-refractivity contribution in [3.63, 3.8) is 0 Å². The summed E-state index contributed by atoms with van der Waals surface area (Å²) < 4.78 is 7.25. The Labute approximate surface area is 122 Å². The standard InChI is InChI=1S/C15H17N5O/c1-11-17-18-15-9-8-14(19-20(11)15)16-10-13(21-2)12-6-4-3-5-7-12/h3-9,13H,10H2,1-2H3,(H,16,19)/t13-/m0/s1. The number of anilines is 1. The molecule has 3 rings (SSSR count). The first-order valence-corrected chi connectivity index (χ1v) is 6.78. The quantitative estimate of drug-likeness (QED) is 0.778. The first-order chi connectivity index (χ1) is 10.3. The van der Waals surface area contributed by atoms with Gasteiger partial charge in [0.2, 0.25) is 0 Å². The lowest BCUT2D eigenvalue weighted by atomic mass is 10.1. The molecule has 6 nitrogen and oxygen atoms in total. The van der Waals surface area contributed by atoms with E-state index in [2.05, 4.69) is 32.7 Å². The van der Waals surface area contributed by atoms with Crippen LogP contribution in [0.15, 0.2) is 42.5 Å². The molecule has 0 bridgehead atoms. The fraction of sp³-hybridized carbons (Fsp3) is 0.267. The Morgan fingerprint density at radius 1 is 1.14 bits per heavy atom. The molecule has 0 spiro atoms. The summed E-state index contributed by atoms with van der Waals surface area (Å²) in [5.74, 6) is 1.53. The number of nitrogens with zero attached hydrogens (tertiary/aromatic N) is 4. The second kappa shape index (κ2) is 5.88. The average Bonchev–Trinajstić information content (AvgIpc) is 2.90. The summed E-state index contributed by atoms with van der Waals surface area (Å²) in [5, 5.41) is 15.8. The Bertz CT molecular complexity index is 725. The van der Waals surface area contributed by atoms with Crippen molar-refractivity contribution in [1.29, 1.82) is 0 Å². The van der Waals surface area contributed by atoms with Crippen molar-refractivity contribution < 1.29 is 4.74 Å². The van der Waals surface area contributed by atoms with Crippen LogP contribution in [0, 0.1) is 6.92 Å². The van der Waals surface area contributed by atoms with E-state index in [0.29, 0.717) is 6.54 Å². The zero-order valence-electron chi connectivity index (χ0n) is 12.0. The monoisotopic (exact) mass is 283 g/mol. The van der Waals surface area contributed by atoms with Crippen molar-refractivity contribution in [2.75, 3.05) is 19.0 Å². The number of methoxy groups -OCH3 is 1. The lowest BCUT2D eigenvalue weighted by Crippen LogP contribution is -2.15. The van der Waals surface area contributed by atoms with Crippen molar-refractivity contribution in [3.05, 3.63) is 53.9 Å². The van der Waals surface area contributed by atoms with Crippen LogP contribution in [0.1, 0.15) is 17.5 Å². The Hall–Kier alpha value is -2.47. The molecule has 0 aliphatic carbocycles. The van der Waals surface area contributed by atoms with Gasteiger partial charge in [-0.25, -0.2) is 0 Å². The molecule has 1 aromatic carbocycles. The summed E-state index contributed by atoms with van der Waals surface area (Å²) in [5.41, 5.74) is 1.87. The normalized spacial score (nSPS) is 12.5. The molecule has 0 saturated heterocycles. The molecule has 6 heteroatoms. The van der Waals surface area contributed by atoms with Crippen LogP contribution in [0.5, 0.6) is 0 Å². The zero-order chi connectivity index (χ0) is 14.7. The van der Waals surface area contributed by atoms with E-state index in [-0.39, 0.29) is 6.10 Å². The van der Waals surface area contributed by atoms with Crippen LogP contribution in [0.25, 0.3) is 5.65 Å². The molecular formula is C15H17N5O. The molecule has 0 aliphatic rings. The lowest BCUT2D eigenvalue weighted by Gasteiger charge is -2.16. The number of ether oxygens (including phenoxy) is 1. The van der Waals surface area contributed by atoms with Gasteiger partial charge in [0.25, 0.3) is 0 Å². The molecule has 2 aromatic heterocycles. The number of rotatable bonds is 5.